The molecule has 0 unspecified atom stereocenters. The predicted octanol–water partition coefficient (Wildman–Crippen LogP) is 3.85. The summed E-state index contributed by atoms with van der Waals surface area (Å²) in [6.07, 6.45) is 3.32. The molecule has 0 spiro atoms. The minimum absolute atomic E-state index is 0.623. The van der Waals surface area contributed by atoms with Crippen molar-refractivity contribution < 1.29 is 0 Å². The van der Waals surface area contributed by atoms with Crippen molar-refractivity contribution in [2.75, 3.05) is 5.73 Å². The number of fused-ring (bicyclic) bond motifs is 1. The van der Waals surface area contributed by atoms with E-state index in [0.717, 1.165) is 29.0 Å². The third-order valence-electron chi connectivity index (χ3n) is 4.23. The highest BCUT2D eigenvalue weighted by Gasteiger charge is 2.28. The molecule has 0 aliphatic heterocycles. The molecule has 0 bridgehead atoms. The third-order valence-corrected chi connectivity index (χ3v) is 4.23. The van der Waals surface area contributed by atoms with Crippen molar-refractivity contribution in [3.8, 4) is 0 Å². The molecule has 3 heteroatoms. The zero-order chi connectivity index (χ0) is 14.4. The van der Waals surface area contributed by atoms with Crippen molar-refractivity contribution in [3.05, 3.63) is 59.4 Å². The number of anilines is 1. The lowest BCUT2D eigenvalue weighted by molar-refractivity contribution is 0.716. The number of benzene rings is 2. The first-order valence-corrected chi connectivity index (χ1v) is 7.53. The van der Waals surface area contributed by atoms with Gasteiger partial charge in [-0.3, -0.25) is 0 Å². The maximum Gasteiger partial charge on any atom is 0.114 e. The van der Waals surface area contributed by atoms with Gasteiger partial charge in [-0.25, -0.2) is 4.98 Å². The van der Waals surface area contributed by atoms with Crippen LogP contribution in [0.1, 0.15) is 35.8 Å². The number of nitrogens with two attached hydrogens (primary N) is 1. The largest absolute Gasteiger partial charge is 0.398 e. The Morgan fingerprint density at radius 1 is 1.19 bits per heavy atom. The Morgan fingerprint density at radius 3 is 2.76 bits per heavy atom. The lowest BCUT2D eigenvalue weighted by Gasteiger charge is -2.09. The molecule has 1 aliphatic rings. The maximum absolute atomic E-state index is 6.09. The van der Waals surface area contributed by atoms with E-state index in [-0.39, 0.29) is 0 Å². The van der Waals surface area contributed by atoms with E-state index < -0.39 is 0 Å². The average Bonchev–Trinajstić information content (AvgIpc) is 3.23. The summed E-state index contributed by atoms with van der Waals surface area (Å²) in [4.78, 5) is 4.88. The molecule has 0 radical (unpaired) electrons. The van der Waals surface area contributed by atoms with Gasteiger partial charge in [0.15, 0.2) is 0 Å². The summed E-state index contributed by atoms with van der Waals surface area (Å²) in [5, 5.41) is 0. The zero-order valence-corrected chi connectivity index (χ0v) is 12.2. The molecule has 0 saturated heterocycles. The first-order chi connectivity index (χ1) is 10.2. The van der Waals surface area contributed by atoms with Gasteiger partial charge in [-0.15, -0.1) is 0 Å². The molecular weight excluding hydrogens is 258 g/mol. The first-order valence-electron chi connectivity index (χ1n) is 7.53. The molecule has 1 aliphatic carbocycles. The quantitative estimate of drug-likeness (QED) is 0.739. The van der Waals surface area contributed by atoms with E-state index in [4.69, 9.17) is 10.7 Å². The number of nitrogens with zero attached hydrogens (tertiary/aromatic N) is 2. The van der Waals surface area contributed by atoms with Gasteiger partial charge in [-0.2, -0.15) is 0 Å². The smallest absolute Gasteiger partial charge is 0.114 e. The van der Waals surface area contributed by atoms with Crippen molar-refractivity contribution in [1.82, 2.24) is 9.55 Å². The van der Waals surface area contributed by atoms with E-state index in [0.29, 0.717) is 6.04 Å². The van der Waals surface area contributed by atoms with Crippen LogP contribution >= 0.6 is 0 Å². The number of rotatable bonds is 3. The second-order valence-corrected chi connectivity index (χ2v) is 6.00. The molecule has 106 valence electrons. The van der Waals surface area contributed by atoms with Crippen LogP contribution in [0.3, 0.4) is 0 Å². The van der Waals surface area contributed by atoms with Crippen molar-refractivity contribution in [3.63, 3.8) is 0 Å². The first kappa shape index (κ1) is 12.5. The molecular formula is C18H19N3. The van der Waals surface area contributed by atoms with Crippen molar-refractivity contribution >= 4 is 16.7 Å². The molecule has 21 heavy (non-hydrogen) atoms. The number of nitrogen functional groups attached to an aromatic ring is 1. The number of para-hydroxylation sites is 1. The Balaban J connectivity index is 1.84. The van der Waals surface area contributed by atoms with Crippen LogP contribution in [-0.2, 0) is 6.42 Å². The minimum Gasteiger partial charge on any atom is -0.398 e. The molecule has 0 atom stereocenters. The second kappa shape index (κ2) is 4.62. The predicted molar refractivity (Wildman–Crippen MR) is 86.4 cm³/mol. The second-order valence-electron chi connectivity index (χ2n) is 6.00. The van der Waals surface area contributed by atoms with Crippen LogP contribution in [0.5, 0.6) is 0 Å². The average molecular weight is 277 g/mol. The highest BCUT2D eigenvalue weighted by atomic mass is 15.1. The Bertz CT molecular complexity index is 812. The number of hydrogen-bond donors (Lipinski definition) is 1. The number of aromatic nitrogens is 2. The molecule has 0 amide bonds. The van der Waals surface area contributed by atoms with E-state index in [1.54, 1.807) is 0 Å². The van der Waals surface area contributed by atoms with Gasteiger partial charge in [0.05, 0.1) is 11.0 Å². The molecule has 3 nitrogen and oxygen atoms in total. The van der Waals surface area contributed by atoms with Crippen LogP contribution in [0.25, 0.3) is 11.0 Å². The topological polar surface area (TPSA) is 43.8 Å². The summed E-state index contributed by atoms with van der Waals surface area (Å²) in [5.41, 5.74) is 11.7. The third kappa shape index (κ3) is 2.19. The van der Waals surface area contributed by atoms with E-state index >= 15 is 0 Å². The van der Waals surface area contributed by atoms with Gasteiger partial charge in [0.2, 0.25) is 0 Å². The molecule has 1 fully saturated rings. The summed E-state index contributed by atoms with van der Waals surface area (Å²) in [7, 11) is 0. The fourth-order valence-electron chi connectivity index (χ4n) is 2.99. The van der Waals surface area contributed by atoms with Gasteiger partial charge in [0.25, 0.3) is 0 Å². The molecule has 3 aromatic rings. The van der Waals surface area contributed by atoms with E-state index in [9.17, 15) is 0 Å². The van der Waals surface area contributed by atoms with Crippen LogP contribution < -0.4 is 5.73 Å². The standard InChI is InChI=1S/C18H19N3/c1-12-6-9-17-16(10-12)20-18(21(17)14-7-8-14)11-13-4-2-3-5-15(13)19/h2-6,9-10,14H,7-8,11,19H2,1H3. The summed E-state index contributed by atoms with van der Waals surface area (Å²) in [6, 6.07) is 15.2. The normalized spacial score (nSPS) is 14.7. The van der Waals surface area contributed by atoms with Gasteiger partial charge in [0.1, 0.15) is 5.82 Å². The highest BCUT2D eigenvalue weighted by Crippen LogP contribution is 2.39. The van der Waals surface area contributed by atoms with Crippen LogP contribution in [0.15, 0.2) is 42.5 Å². The van der Waals surface area contributed by atoms with Crippen LogP contribution in [-0.4, -0.2) is 9.55 Å². The molecule has 2 N–H and O–H groups in total. The van der Waals surface area contributed by atoms with Crippen molar-refractivity contribution in [2.24, 2.45) is 0 Å². The Morgan fingerprint density at radius 2 is 2.00 bits per heavy atom. The number of hydrogen-bond acceptors (Lipinski definition) is 2. The summed E-state index contributed by atoms with van der Waals surface area (Å²) >= 11 is 0. The fraction of sp³-hybridized carbons (Fsp3) is 0.278. The summed E-state index contributed by atoms with van der Waals surface area (Å²) in [5.74, 6) is 1.14. The SMILES string of the molecule is Cc1ccc2c(c1)nc(Cc1ccccc1N)n2C1CC1. The van der Waals surface area contributed by atoms with Crippen molar-refractivity contribution in [2.45, 2.75) is 32.2 Å². The molecule has 1 saturated carbocycles. The monoisotopic (exact) mass is 277 g/mol. The molecule has 4 rings (SSSR count). The minimum atomic E-state index is 0.623. The van der Waals surface area contributed by atoms with Gasteiger partial charge in [-0.05, 0) is 49.1 Å². The van der Waals surface area contributed by atoms with Crippen LogP contribution in [0, 0.1) is 6.92 Å². The molecule has 1 heterocycles. The molecule has 2 aromatic carbocycles. The Hall–Kier alpha value is -2.29. The molecule has 1 aromatic heterocycles. The van der Waals surface area contributed by atoms with Crippen LogP contribution in [0.4, 0.5) is 5.69 Å². The van der Waals surface area contributed by atoms with Gasteiger partial charge in [-0.1, -0.05) is 24.3 Å². The number of imidazole rings is 1. The van der Waals surface area contributed by atoms with Gasteiger partial charge in [0, 0.05) is 18.2 Å². The van der Waals surface area contributed by atoms with Gasteiger partial charge < -0.3 is 10.3 Å². The van der Waals surface area contributed by atoms with Crippen LogP contribution in [0.2, 0.25) is 0 Å². The lowest BCUT2D eigenvalue weighted by atomic mass is 10.1. The fourth-order valence-corrected chi connectivity index (χ4v) is 2.99. The highest BCUT2D eigenvalue weighted by molar-refractivity contribution is 5.77. The summed E-state index contributed by atoms with van der Waals surface area (Å²) < 4.78 is 2.42. The maximum atomic E-state index is 6.09. The van der Waals surface area contributed by atoms with Gasteiger partial charge >= 0.3 is 0 Å². The van der Waals surface area contributed by atoms with Crippen molar-refractivity contribution in [1.29, 1.82) is 0 Å². The number of aryl methyl sites for hydroxylation is 1. The zero-order valence-electron chi connectivity index (χ0n) is 12.2. The van der Waals surface area contributed by atoms with E-state index in [1.807, 2.05) is 18.2 Å². The summed E-state index contributed by atoms with van der Waals surface area (Å²) in [6.45, 7) is 2.12. The lowest BCUT2D eigenvalue weighted by Crippen LogP contribution is -2.04. The Kier molecular flexibility index (Phi) is 2.74. The van der Waals surface area contributed by atoms with E-state index in [2.05, 4.69) is 35.8 Å². The Labute approximate surface area is 124 Å². The van der Waals surface area contributed by atoms with E-state index in [1.165, 1.54) is 23.9 Å².